The topological polar surface area (TPSA) is 26.3 Å². The van der Waals surface area contributed by atoms with Gasteiger partial charge in [0.2, 0.25) is 0 Å². The zero-order valence-electron chi connectivity index (χ0n) is 13.6. The quantitative estimate of drug-likeness (QED) is 0.520. The van der Waals surface area contributed by atoms with Crippen LogP contribution in [-0.2, 0) is 9.22 Å². The molecule has 0 aliphatic rings. The minimum absolute atomic E-state index is 0.565. The summed E-state index contributed by atoms with van der Waals surface area (Å²) in [6.07, 6.45) is -5.07. The van der Waals surface area contributed by atoms with Gasteiger partial charge in [0.15, 0.2) is 0 Å². The van der Waals surface area contributed by atoms with Gasteiger partial charge in [0.1, 0.15) is 0 Å². The zero-order valence-corrected chi connectivity index (χ0v) is 14.6. The van der Waals surface area contributed by atoms with Gasteiger partial charge in [-0.2, -0.15) is 13.2 Å². The molecule has 0 bridgehead atoms. The van der Waals surface area contributed by atoms with Crippen molar-refractivity contribution in [1.82, 2.24) is 0 Å². The van der Waals surface area contributed by atoms with E-state index >= 15 is 0 Å². The molecule has 0 saturated carbocycles. The van der Waals surface area contributed by atoms with Crippen LogP contribution in [0.1, 0.15) is 0 Å². The summed E-state index contributed by atoms with van der Waals surface area (Å²) in [7, 11) is -3.67. The van der Waals surface area contributed by atoms with Crippen molar-refractivity contribution in [3.05, 3.63) is 91.0 Å². The van der Waals surface area contributed by atoms with Crippen LogP contribution < -0.4 is 15.6 Å². The molecular formula is C20H15F3O2Si. The minimum atomic E-state index is -5.07. The Balaban J connectivity index is 2.30. The number of carbonyl (C=O) groups excluding carboxylic acids is 1. The molecule has 0 fully saturated rings. The van der Waals surface area contributed by atoms with Gasteiger partial charge in [-0.3, -0.25) is 0 Å². The van der Waals surface area contributed by atoms with E-state index in [1.54, 1.807) is 91.0 Å². The van der Waals surface area contributed by atoms with Crippen LogP contribution in [0.4, 0.5) is 13.2 Å². The van der Waals surface area contributed by atoms with E-state index in [0.717, 1.165) is 0 Å². The number of carbonyl (C=O) groups is 1. The Morgan fingerprint density at radius 2 is 0.962 bits per heavy atom. The number of halogens is 3. The van der Waals surface area contributed by atoms with Crippen LogP contribution in [0.25, 0.3) is 0 Å². The van der Waals surface area contributed by atoms with E-state index in [1.165, 1.54) is 0 Å². The average molecular weight is 372 g/mol. The molecule has 0 saturated heterocycles. The first-order valence-electron chi connectivity index (χ1n) is 7.91. The van der Waals surface area contributed by atoms with Crippen LogP contribution in [0.5, 0.6) is 0 Å². The Morgan fingerprint density at radius 1 is 0.654 bits per heavy atom. The molecular weight excluding hydrogens is 357 g/mol. The van der Waals surface area contributed by atoms with E-state index in [9.17, 15) is 18.0 Å². The second-order valence-electron chi connectivity index (χ2n) is 5.67. The van der Waals surface area contributed by atoms with E-state index in [4.69, 9.17) is 4.43 Å². The highest BCUT2D eigenvalue weighted by atomic mass is 28.4. The summed E-state index contributed by atoms with van der Waals surface area (Å²) in [4.78, 5) is 11.9. The van der Waals surface area contributed by atoms with Crippen LogP contribution in [0, 0.1) is 0 Å². The third kappa shape index (κ3) is 3.41. The maximum atomic E-state index is 13.1. The normalized spacial score (nSPS) is 11.8. The van der Waals surface area contributed by atoms with Crippen molar-refractivity contribution in [2.45, 2.75) is 6.18 Å². The Kier molecular flexibility index (Phi) is 4.95. The molecule has 3 aromatic rings. The highest BCUT2D eigenvalue weighted by Gasteiger charge is 2.51. The fraction of sp³-hybridized carbons (Fsp3) is 0.0500. The van der Waals surface area contributed by atoms with E-state index in [2.05, 4.69) is 0 Å². The first kappa shape index (κ1) is 17.9. The number of alkyl halides is 3. The molecule has 0 radical (unpaired) electrons. The summed E-state index contributed by atoms with van der Waals surface area (Å²) in [6, 6.07) is 25.9. The largest absolute Gasteiger partial charge is 0.499 e. The molecule has 0 amide bonds. The SMILES string of the molecule is O=C(O[Si](c1ccccc1)(c1ccccc1)c1ccccc1)C(F)(F)F. The van der Waals surface area contributed by atoms with Gasteiger partial charge in [-0.05, 0) is 15.6 Å². The third-order valence-electron chi connectivity index (χ3n) is 4.02. The standard InChI is InChI=1S/C20H15F3O2Si/c21-20(22,23)19(24)25-26(16-10-4-1-5-11-16,17-12-6-2-7-13-17)18-14-8-3-9-15-18/h1-15H. The lowest BCUT2D eigenvalue weighted by Crippen LogP contribution is -2.70. The zero-order chi connectivity index (χ0) is 18.6. The summed E-state index contributed by atoms with van der Waals surface area (Å²) in [5, 5.41) is 1.69. The molecule has 0 aliphatic heterocycles. The van der Waals surface area contributed by atoms with Crippen LogP contribution >= 0.6 is 0 Å². The van der Waals surface area contributed by atoms with Gasteiger partial charge in [0.05, 0.1) is 0 Å². The van der Waals surface area contributed by atoms with Crippen LogP contribution in [-0.4, -0.2) is 20.5 Å². The van der Waals surface area contributed by atoms with Crippen molar-refractivity contribution in [2.24, 2.45) is 0 Å². The second kappa shape index (κ2) is 7.17. The van der Waals surface area contributed by atoms with Crippen LogP contribution in [0.15, 0.2) is 91.0 Å². The fourth-order valence-corrected chi connectivity index (χ4v) is 6.63. The lowest BCUT2D eigenvalue weighted by Gasteiger charge is -2.32. The average Bonchev–Trinajstić information content (AvgIpc) is 2.67. The summed E-state index contributed by atoms with van der Waals surface area (Å²) in [6.45, 7) is 0. The van der Waals surface area contributed by atoms with Gasteiger partial charge in [0.25, 0.3) is 0 Å². The van der Waals surface area contributed by atoms with Crippen molar-refractivity contribution >= 4 is 29.8 Å². The molecule has 0 spiro atoms. The van der Waals surface area contributed by atoms with Crippen molar-refractivity contribution in [3.63, 3.8) is 0 Å². The Morgan fingerprint density at radius 3 is 1.23 bits per heavy atom. The van der Waals surface area contributed by atoms with Crippen molar-refractivity contribution < 1.29 is 22.4 Å². The summed E-state index contributed by atoms with van der Waals surface area (Å²) >= 11 is 0. The Labute approximate surface area is 150 Å². The van der Waals surface area contributed by atoms with Crippen molar-refractivity contribution in [1.29, 1.82) is 0 Å². The summed E-state index contributed by atoms with van der Waals surface area (Å²) < 4.78 is 44.6. The van der Waals surface area contributed by atoms with Crippen LogP contribution in [0.3, 0.4) is 0 Å². The highest BCUT2D eigenvalue weighted by Crippen LogP contribution is 2.20. The first-order chi connectivity index (χ1) is 12.4. The van der Waals surface area contributed by atoms with Crippen LogP contribution in [0.2, 0.25) is 0 Å². The Hall–Kier alpha value is -2.86. The van der Waals surface area contributed by atoms with Gasteiger partial charge in [-0.15, -0.1) is 0 Å². The lowest BCUT2D eigenvalue weighted by atomic mass is 10.3. The van der Waals surface area contributed by atoms with Gasteiger partial charge in [0, 0.05) is 0 Å². The highest BCUT2D eigenvalue weighted by molar-refractivity contribution is 7.07. The molecule has 26 heavy (non-hydrogen) atoms. The fourth-order valence-electron chi connectivity index (χ4n) is 2.89. The Bertz CT molecular complexity index is 769. The van der Waals surface area contributed by atoms with Gasteiger partial charge < -0.3 is 4.43 Å². The second-order valence-corrected chi connectivity index (χ2v) is 8.97. The van der Waals surface area contributed by atoms with E-state index < -0.39 is 20.5 Å². The van der Waals surface area contributed by atoms with Gasteiger partial charge in [-0.25, -0.2) is 4.79 Å². The van der Waals surface area contributed by atoms with E-state index in [-0.39, 0.29) is 0 Å². The molecule has 0 N–H and O–H groups in total. The van der Waals surface area contributed by atoms with E-state index in [1.807, 2.05) is 0 Å². The monoisotopic (exact) mass is 372 g/mol. The molecule has 0 unspecified atom stereocenters. The lowest BCUT2D eigenvalue weighted by molar-refractivity contribution is -0.190. The third-order valence-corrected chi connectivity index (χ3v) is 7.95. The maximum Gasteiger partial charge on any atom is 0.489 e. The smallest absolute Gasteiger partial charge is 0.489 e. The van der Waals surface area contributed by atoms with Crippen molar-refractivity contribution in [3.8, 4) is 0 Å². The molecule has 0 aliphatic carbocycles. The molecule has 2 nitrogen and oxygen atoms in total. The minimum Gasteiger partial charge on any atom is -0.499 e. The molecule has 3 aromatic carbocycles. The summed E-state index contributed by atoms with van der Waals surface area (Å²) in [5.74, 6) is -2.18. The first-order valence-corrected chi connectivity index (χ1v) is 9.82. The predicted octanol–water partition coefficient (Wildman–Crippen LogP) is 2.76. The van der Waals surface area contributed by atoms with E-state index in [0.29, 0.717) is 15.6 Å². The molecule has 0 heterocycles. The number of benzene rings is 3. The molecule has 6 heteroatoms. The van der Waals surface area contributed by atoms with Gasteiger partial charge >= 0.3 is 20.5 Å². The summed E-state index contributed by atoms with van der Waals surface area (Å²) in [5.41, 5.74) is 0. The number of rotatable bonds is 4. The predicted molar refractivity (Wildman–Crippen MR) is 96.1 cm³/mol. The number of hydrogen-bond donors (Lipinski definition) is 0. The molecule has 3 rings (SSSR count). The van der Waals surface area contributed by atoms with Gasteiger partial charge in [-0.1, -0.05) is 91.0 Å². The molecule has 0 atom stereocenters. The van der Waals surface area contributed by atoms with Crippen molar-refractivity contribution in [2.75, 3.05) is 0 Å². The number of hydrogen-bond acceptors (Lipinski definition) is 2. The molecule has 0 aromatic heterocycles. The maximum absolute atomic E-state index is 13.1. The molecule has 132 valence electrons.